The van der Waals surface area contributed by atoms with E-state index in [1.807, 2.05) is 42.5 Å². The normalized spacial score (nSPS) is 11.4. The van der Waals surface area contributed by atoms with Gasteiger partial charge in [-0.05, 0) is 35.4 Å². The molecule has 0 saturated heterocycles. The van der Waals surface area contributed by atoms with Gasteiger partial charge in [-0.3, -0.25) is 0 Å². The maximum absolute atomic E-state index is 12.5. The fraction of sp³-hybridized carbons (Fsp3) is 0.200. The zero-order valence-electron chi connectivity index (χ0n) is 18.4. The predicted octanol–water partition coefficient (Wildman–Crippen LogP) is 5.73. The molecule has 0 fully saturated rings. The van der Waals surface area contributed by atoms with E-state index in [0.717, 1.165) is 16.7 Å². The molecule has 5 nitrogen and oxygen atoms in total. The minimum atomic E-state index is -0.721. The van der Waals surface area contributed by atoms with Crippen molar-refractivity contribution in [2.75, 3.05) is 21.3 Å². The van der Waals surface area contributed by atoms with Crippen molar-refractivity contribution < 1.29 is 19.0 Å². The van der Waals surface area contributed by atoms with Gasteiger partial charge in [-0.2, -0.15) is 0 Å². The second-order valence-electron chi connectivity index (χ2n) is 7.08. The number of thiocarbonyl (C=S) groups is 1. The fourth-order valence-corrected chi connectivity index (χ4v) is 4.52. The van der Waals surface area contributed by atoms with Crippen LogP contribution >= 0.6 is 35.4 Å². The molecule has 0 spiro atoms. The van der Waals surface area contributed by atoms with Gasteiger partial charge in [0.2, 0.25) is 0 Å². The highest BCUT2D eigenvalue weighted by molar-refractivity contribution is 7.80. The summed E-state index contributed by atoms with van der Waals surface area (Å²) < 4.78 is 16.0. The van der Waals surface area contributed by atoms with Gasteiger partial charge in [0.15, 0.2) is 0 Å². The van der Waals surface area contributed by atoms with Gasteiger partial charge in [-0.1, -0.05) is 71.8 Å². The van der Waals surface area contributed by atoms with E-state index in [-0.39, 0.29) is 4.99 Å². The maximum atomic E-state index is 12.5. The lowest BCUT2D eigenvalue weighted by atomic mass is 9.99. The molecule has 0 aliphatic heterocycles. The Kier molecular flexibility index (Phi) is 8.55. The highest BCUT2D eigenvalue weighted by Gasteiger charge is 2.23. The average molecular weight is 504 g/mol. The number of carbonyl (C=O) groups is 1. The molecule has 0 bridgehead atoms. The largest absolute Gasteiger partial charge is 0.496 e. The Labute approximate surface area is 208 Å². The summed E-state index contributed by atoms with van der Waals surface area (Å²) in [6.07, 6.45) is 0.345. The molecule has 0 aromatic heterocycles. The van der Waals surface area contributed by atoms with Crippen LogP contribution in [0, 0.1) is 0 Å². The number of methoxy groups -OCH3 is 3. The molecule has 8 heteroatoms. The predicted molar refractivity (Wildman–Crippen MR) is 136 cm³/mol. The summed E-state index contributed by atoms with van der Waals surface area (Å²) >= 11 is 18.0. The van der Waals surface area contributed by atoms with Crippen molar-refractivity contribution in [3.8, 4) is 22.6 Å². The average Bonchev–Trinajstić information content (AvgIpc) is 2.83. The molecule has 0 heterocycles. The van der Waals surface area contributed by atoms with Gasteiger partial charge >= 0.3 is 5.97 Å². The van der Waals surface area contributed by atoms with E-state index in [4.69, 9.17) is 49.6 Å². The van der Waals surface area contributed by atoms with Gasteiger partial charge in [-0.25, -0.2) is 4.79 Å². The summed E-state index contributed by atoms with van der Waals surface area (Å²) in [6, 6.07) is 17.8. The summed E-state index contributed by atoms with van der Waals surface area (Å²) in [5.41, 5.74) is 3.16. The number of esters is 1. The summed E-state index contributed by atoms with van der Waals surface area (Å²) in [6.45, 7) is 0. The summed E-state index contributed by atoms with van der Waals surface area (Å²) in [5, 5.41) is 3.85. The summed E-state index contributed by atoms with van der Waals surface area (Å²) in [5.74, 6) is 0.965. The van der Waals surface area contributed by atoms with E-state index in [1.165, 1.54) is 7.11 Å². The van der Waals surface area contributed by atoms with Gasteiger partial charge in [0.1, 0.15) is 22.5 Å². The monoisotopic (exact) mass is 503 g/mol. The molecule has 0 radical (unpaired) electrons. The van der Waals surface area contributed by atoms with Gasteiger partial charge in [0, 0.05) is 12.0 Å². The Morgan fingerprint density at radius 3 is 1.97 bits per heavy atom. The van der Waals surface area contributed by atoms with Gasteiger partial charge in [0.05, 0.1) is 36.9 Å². The first-order chi connectivity index (χ1) is 15.9. The molecule has 1 atom stereocenters. The first-order valence-electron chi connectivity index (χ1n) is 10.0. The number of rotatable bonds is 8. The third-order valence-electron chi connectivity index (χ3n) is 5.09. The lowest BCUT2D eigenvalue weighted by Gasteiger charge is -2.20. The Morgan fingerprint density at radius 2 is 1.45 bits per heavy atom. The standard InChI is InChI=1S/C25H23Cl2NO4S/c1-30-20-8-5-9-21(31-2)22(20)16-12-10-15(11-13-16)14-19(25(29)32-3)28-24(33)23-17(26)6-4-7-18(23)27/h4-13,19H,14H2,1-3H3,(H,28,33)/t19-/m0/s1. The molecule has 3 aromatic carbocycles. The number of benzene rings is 3. The van der Waals surface area contributed by atoms with Crippen LogP contribution in [0.3, 0.4) is 0 Å². The maximum Gasteiger partial charge on any atom is 0.328 e. The van der Waals surface area contributed by atoms with Crippen molar-refractivity contribution in [3.05, 3.63) is 81.8 Å². The van der Waals surface area contributed by atoms with Crippen LogP contribution in [0.2, 0.25) is 10.0 Å². The molecule has 172 valence electrons. The van der Waals surface area contributed by atoms with E-state index >= 15 is 0 Å². The van der Waals surface area contributed by atoms with Crippen molar-refractivity contribution >= 4 is 46.4 Å². The number of hydrogen-bond donors (Lipinski definition) is 1. The highest BCUT2D eigenvalue weighted by atomic mass is 35.5. The highest BCUT2D eigenvalue weighted by Crippen LogP contribution is 2.38. The zero-order chi connectivity index (χ0) is 24.0. The molecule has 1 N–H and O–H groups in total. The Morgan fingerprint density at radius 1 is 0.909 bits per heavy atom. The fourth-order valence-electron chi connectivity index (χ4n) is 3.46. The first kappa shape index (κ1) is 24.8. The minimum absolute atomic E-state index is 0.274. The zero-order valence-corrected chi connectivity index (χ0v) is 20.7. The van der Waals surface area contributed by atoms with Crippen LogP contribution in [0.25, 0.3) is 11.1 Å². The molecule has 33 heavy (non-hydrogen) atoms. The van der Waals surface area contributed by atoms with Crippen LogP contribution in [0.4, 0.5) is 0 Å². The quantitative estimate of drug-likeness (QED) is 0.313. The lowest BCUT2D eigenvalue weighted by molar-refractivity contribution is -0.142. The van der Waals surface area contributed by atoms with E-state index in [9.17, 15) is 4.79 Å². The number of ether oxygens (including phenoxy) is 3. The molecular weight excluding hydrogens is 481 g/mol. The van der Waals surface area contributed by atoms with Gasteiger partial charge < -0.3 is 19.5 Å². The van der Waals surface area contributed by atoms with E-state index < -0.39 is 12.0 Å². The molecule has 3 aromatic rings. The van der Waals surface area contributed by atoms with E-state index in [1.54, 1.807) is 32.4 Å². The van der Waals surface area contributed by atoms with Crippen LogP contribution in [-0.4, -0.2) is 38.3 Å². The number of halogens is 2. The Balaban J connectivity index is 1.84. The second-order valence-corrected chi connectivity index (χ2v) is 8.31. The Hall–Kier alpha value is -2.80. The second kappa shape index (κ2) is 11.4. The van der Waals surface area contributed by atoms with Crippen LogP contribution < -0.4 is 14.8 Å². The van der Waals surface area contributed by atoms with Crippen molar-refractivity contribution in [2.45, 2.75) is 12.5 Å². The van der Waals surface area contributed by atoms with Crippen molar-refractivity contribution in [3.63, 3.8) is 0 Å². The molecule has 0 unspecified atom stereocenters. The topological polar surface area (TPSA) is 56.8 Å². The molecule has 0 saturated carbocycles. The smallest absolute Gasteiger partial charge is 0.328 e. The molecule has 0 amide bonds. The van der Waals surface area contributed by atoms with Crippen LogP contribution in [0.15, 0.2) is 60.7 Å². The van der Waals surface area contributed by atoms with Crippen molar-refractivity contribution in [2.24, 2.45) is 0 Å². The summed E-state index contributed by atoms with van der Waals surface area (Å²) in [7, 11) is 4.57. The van der Waals surface area contributed by atoms with Crippen LogP contribution in [-0.2, 0) is 16.0 Å². The third kappa shape index (κ3) is 5.77. The summed E-state index contributed by atoms with van der Waals surface area (Å²) in [4.78, 5) is 12.7. The number of hydrogen-bond acceptors (Lipinski definition) is 5. The Bertz CT molecular complexity index is 1110. The minimum Gasteiger partial charge on any atom is -0.496 e. The molecule has 0 aliphatic rings. The SMILES string of the molecule is COC(=O)[C@H](Cc1ccc(-c2c(OC)cccc2OC)cc1)NC(=S)c1c(Cl)cccc1Cl. The van der Waals surface area contributed by atoms with E-state index in [0.29, 0.717) is 33.5 Å². The van der Waals surface area contributed by atoms with Crippen LogP contribution in [0.5, 0.6) is 11.5 Å². The molecular formula is C25H23Cl2NO4S. The van der Waals surface area contributed by atoms with E-state index in [2.05, 4.69) is 5.32 Å². The van der Waals surface area contributed by atoms with Crippen LogP contribution in [0.1, 0.15) is 11.1 Å². The molecule has 3 rings (SSSR count). The van der Waals surface area contributed by atoms with Crippen molar-refractivity contribution in [1.82, 2.24) is 5.32 Å². The van der Waals surface area contributed by atoms with Crippen molar-refractivity contribution in [1.29, 1.82) is 0 Å². The van der Waals surface area contributed by atoms with Gasteiger partial charge in [-0.15, -0.1) is 0 Å². The third-order valence-corrected chi connectivity index (χ3v) is 6.04. The number of carbonyl (C=O) groups excluding carboxylic acids is 1. The lowest BCUT2D eigenvalue weighted by Crippen LogP contribution is -2.42. The molecule has 0 aliphatic carbocycles. The number of nitrogens with one attached hydrogen (secondary N) is 1. The van der Waals surface area contributed by atoms with Gasteiger partial charge in [0.25, 0.3) is 0 Å². The first-order valence-corrected chi connectivity index (χ1v) is 11.2.